The topological polar surface area (TPSA) is 32.3 Å². The maximum Gasteiger partial charge on any atom is 0.236 e. The highest BCUT2D eigenvalue weighted by Crippen LogP contribution is 2.09. The largest absolute Gasteiger partial charge is 0.342 e. The Labute approximate surface area is 116 Å². The number of likely N-dealkylation sites (tertiary alicyclic amines) is 1. The van der Waals surface area contributed by atoms with Gasteiger partial charge in [-0.25, -0.2) is 0 Å². The van der Waals surface area contributed by atoms with Gasteiger partial charge in [-0.1, -0.05) is 29.3 Å². The van der Waals surface area contributed by atoms with E-state index in [0.717, 1.165) is 32.5 Å². The Morgan fingerprint density at radius 1 is 1.11 bits per heavy atom. The highest BCUT2D eigenvalue weighted by atomic mass is 16.2. The van der Waals surface area contributed by atoms with Crippen molar-refractivity contribution in [2.45, 2.75) is 39.7 Å². The Morgan fingerprint density at radius 2 is 1.74 bits per heavy atom. The molecule has 3 nitrogen and oxygen atoms in total. The van der Waals surface area contributed by atoms with E-state index in [2.05, 4.69) is 37.4 Å². The second-order valence-corrected chi connectivity index (χ2v) is 5.54. The van der Waals surface area contributed by atoms with Crippen LogP contribution in [-0.2, 0) is 11.3 Å². The summed E-state index contributed by atoms with van der Waals surface area (Å²) in [5, 5.41) is 3.26. The third kappa shape index (κ3) is 4.35. The van der Waals surface area contributed by atoms with E-state index in [1.807, 2.05) is 4.90 Å². The quantitative estimate of drug-likeness (QED) is 0.901. The smallest absolute Gasteiger partial charge is 0.236 e. The first-order chi connectivity index (χ1) is 9.15. The van der Waals surface area contributed by atoms with Gasteiger partial charge in [0.1, 0.15) is 0 Å². The molecule has 1 N–H and O–H groups in total. The van der Waals surface area contributed by atoms with Crippen LogP contribution in [0.3, 0.4) is 0 Å². The van der Waals surface area contributed by atoms with Gasteiger partial charge >= 0.3 is 0 Å². The molecule has 1 fully saturated rings. The van der Waals surface area contributed by atoms with Gasteiger partial charge in [-0.15, -0.1) is 0 Å². The predicted octanol–water partition coefficient (Wildman–Crippen LogP) is 2.41. The van der Waals surface area contributed by atoms with Crippen LogP contribution in [0, 0.1) is 13.8 Å². The Bertz CT molecular complexity index is 416. The molecule has 1 heterocycles. The van der Waals surface area contributed by atoms with Crippen LogP contribution >= 0.6 is 0 Å². The van der Waals surface area contributed by atoms with Crippen LogP contribution in [-0.4, -0.2) is 30.4 Å². The monoisotopic (exact) mass is 260 g/mol. The summed E-state index contributed by atoms with van der Waals surface area (Å²) in [5.74, 6) is 0.240. The highest BCUT2D eigenvalue weighted by Gasteiger charge is 2.15. The molecule has 0 aliphatic carbocycles. The van der Waals surface area contributed by atoms with Gasteiger partial charge in [0.25, 0.3) is 0 Å². The van der Waals surface area contributed by atoms with E-state index in [1.165, 1.54) is 23.1 Å². The molecule has 1 amide bonds. The molecule has 2 rings (SSSR count). The molecule has 3 heteroatoms. The van der Waals surface area contributed by atoms with Gasteiger partial charge in [0.05, 0.1) is 6.54 Å². The lowest BCUT2D eigenvalue weighted by molar-refractivity contribution is -0.131. The van der Waals surface area contributed by atoms with Crippen LogP contribution < -0.4 is 5.32 Å². The van der Waals surface area contributed by atoms with Crippen molar-refractivity contribution in [1.82, 2.24) is 10.2 Å². The fraction of sp³-hybridized carbons (Fsp3) is 0.562. The van der Waals surface area contributed by atoms with Crippen molar-refractivity contribution in [1.29, 1.82) is 0 Å². The van der Waals surface area contributed by atoms with Crippen LogP contribution in [0.5, 0.6) is 0 Å². The highest BCUT2D eigenvalue weighted by molar-refractivity contribution is 5.78. The molecular formula is C16H24N2O. The minimum absolute atomic E-state index is 0.240. The van der Waals surface area contributed by atoms with Crippen molar-refractivity contribution < 1.29 is 4.79 Å². The Hall–Kier alpha value is -1.35. The van der Waals surface area contributed by atoms with Crippen molar-refractivity contribution in [3.05, 3.63) is 34.9 Å². The van der Waals surface area contributed by atoms with E-state index in [9.17, 15) is 4.79 Å². The molecule has 0 spiro atoms. The van der Waals surface area contributed by atoms with Gasteiger partial charge in [0.15, 0.2) is 0 Å². The molecule has 0 aromatic heterocycles. The minimum Gasteiger partial charge on any atom is -0.342 e. The van der Waals surface area contributed by atoms with Gasteiger partial charge in [-0.05, 0) is 38.7 Å². The molecule has 0 saturated carbocycles. The lowest BCUT2D eigenvalue weighted by atomic mass is 10.1. The summed E-state index contributed by atoms with van der Waals surface area (Å²) in [6.45, 7) is 7.30. The number of nitrogens with one attached hydrogen (secondary N) is 1. The zero-order valence-corrected chi connectivity index (χ0v) is 12.0. The number of nitrogens with zero attached hydrogens (tertiary/aromatic N) is 1. The van der Waals surface area contributed by atoms with E-state index < -0.39 is 0 Å². The van der Waals surface area contributed by atoms with Crippen molar-refractivity contribution in [3.8, 4) is 0 Å². The minimum atomic E-state index is 0.240. The fourth-order valence-corrected chi connectivity index (χ4v) is 2.74. The van der Waals surface area contributed by atoms with Crippen LogP contribution in [0.1, 0.15) is 36.0 Å². The number of carbonyl (C=O) groups is 1. The summed E-state index contributed by atoms with van der Waals surface area (Å²) < 4.78 is 0. The molecule has 1 aliphatic heterocycles. The molecule has 0 bridgehead atoms. The fourth-order valence-electron chi connectivity index (χ4n) is 2.74. The lowest BCUT2D eigenvalue weighted by Crippen LogP contribution is -2.40. The van der Waals surface area contributed by atoms with Crippen LogP contribution in [0.25, 0.3) is 0 Å². The summed E-state index contributed by atoms with van der Waals surface area (Å²) in [4.78, 5) is 14.0. The number of carbonyl (C=O) groups excluding carboxylic acids is 1. The number of aryl methyl sites for hydroxylation is 2. The summed E-state index contributed by atoms with van der Waals surface area (Å²) in [7, 11) is 0. The molecule has 19 heavy (non-hydrogen) atoms. The summed E-state index contributed by atoms with van der Waals surface area (Å²) in [5.41, 5.74) is 3.81. The van der Waals surface area contributed by atoms with E-state index in [-0.39, 0.29) is 5.91 Å². The number of piperidine rings is 1. The van der Waals surface area contributed by atoms with Crippen LogP contribution in [0.4, 0.5) is 0 Å². The third-order valence-corrected chi connectivity index (χ3v) is 3.60. The molecule has 1 aliphatic rings. The van der Waals surface area contributed by atoms with Crippen LogP contribution in [0.15, 0.2) is 18.2 Å². The van der Waals surface area contributed by atoms with E-state index in [4.69, 9.17) is 0 Å². The molecule has 1 aromatic rings. The van der Waals surface area contributed by atoms with Crippen LogP contribution in [0.2, 0.25) is 0 Å². The normalized spacial score (nSPS) is 15.6. The van der Waals surface area contributed by atoms with Gasteiger partial charge in [-0.2, -0.15) is 0 Å². The Kier molecular flexibility index (Phi) is 4.97. The van der Waals surface area contributed by atoms with Gasteiger partial charge < -0.3 is 10.2 Å². The standard InChI is InChI=1S/C16H24N2O/c1-13-8-14(2)10-15(9-13)11-17-12-16(19)18-6-4-3-5-7-18/h8-10,17H,3-7,11-12H2,1-2H3. The second kappa shape index (κ2) is 6.71. The van der Waals surface area contributed by atoms with Gasteiger partial charge in [0, 0.05) is 19.6 Å². The number of benzene rings is 1. The molecule has 0 radical (unpaired) electrons. The molecule has 104 valence electrons. The third-order valence-electron chi connectivity index (χ3n) is 3.60. The van der Waals surface area contributed by atoms with E-state index in [1.54, 1.807) is 0 Å². The molecule has 0 atom stereocenters. The zero-order chi connectivity index (χ0) is 13.7. The lowest BCUT2D eigenvalue weighted by Gasteiger charge is -2.26. The summed E-state index contributed by atoms with van der Waals surface area (Å²) >= 11 is 0. The van der Waals surface area contributed by atoms with E-state index >= 15 is 0 Å². The first-order valence-corrected chi connectivity index (χ1v) is 7.21. The molecular weight excluding hydrogens is 236 g/mol. The molecule has 1 aromatic carbocycles. The molecule has 0 unspecified atom stereocenters. The van der Waals surface area contributed by atoms with Crippen molar-refractivity contribution in [3.63, 3.8) is 0 Å². The maximum atomic E-state index is 12.0. The predicted molar refractivity (Wildman–Crippen MR) is 78.1 cm³/mol. The van der Waals surface area contributed by atoms with Crippen molar-refractivity contribution >= 4 is 5.91 Å². The second-order valence-electron chi connectivity index (χ2n) is 5.54. The summed E-state index contributed by atoms with van der Waals surface area (Å²) in [6.07, 6.45) is 3.57. The van der Waals surface area contributed by atoms with Crippen molar-refractivity contribution in [2.24, 2.45) is 0 Å². The van der Waals surface area contributed by atoms with Gasteiger partial charge in [-0.3, -0.25) is 4.79 Å². The van der Waals surface area contributed by atoms with E-state index in [0.29, 0.717) is 6.54 Å². The summed E-state index contributed by atoms with van der Waals surface area (Å²) in [6, 6.07) is 6.51. The Balaban J connectivity index is 1.77. The first-order valence-electron chi connectivity index (χ1n) is 7.21. The molecule has 1 saturated heterocycles. The number of amides is 1. The average molecular weight is 260 g/mol. The number of rotatable bonds is 4. The Morgan fingerprint density at radius 3 is 2.37 bits per heavy atom. The average Bonchev–Trinajstić information content (AvgIpc) is 2.38. The first kappa shape index (κ1) is 14.1. The zero-order valence-electron chi connectivity index (χ0n) is 12.0. The number of hydrogen-bond donors (Lipinski definition) is 1. The maximum absolute atomic E-state index is 12.0. The SMILES string of the molecule is Cc1cc(C)cc(CNCC(=O)N2CCCCC2)c1. The number of hydrogen-bond acceptors (Lipinski definition) is 2. The van der Waals surface area contributed by atoms with Gasteiger partial charge in [0.2, 0.25) is 5.91 Å². The van der Waals surface area contributed by atoms with Crippen molar-refractivity contribution in [2.75, 3.05) is 19.6 Å².